The van der Waals surface area contributed by atoms with Gasteiger partial charge in [0.05, 0.1) is 24.6 Å². The molecule has 6 nitrogen and oxygen atoms in total. The van der Waals surface area contributed by atoms with Crippen LogP contribution in [0.25, 0.3) is 0 Å². The van der Waals surface area contributed by atoms with Crippen LogP contribution < -0.4 is 5.32 Å². The number of benzene rings is 1. The number of carbonyl (C=O) groups excluding carboxylic acids is 1. The molecule has 0 aliphatic carbocycles. The highest BCUT2D eigenvalue weighted by Crippen LogP contribution is 2.11. The summed E-state index contributed by atoms with van der Waals surface area (Å²) in [4.78, 5) is 12.2. The van der Waals surface area contributed by atoms with Gasteiger partial charge in [0.25, 0.3) is 5.91 Å². The van der Waals surface area contributed by atoms with Crippen LogP contribution in [0.15, 0.2) is 49.1 Å². The summed E-state index contributed by atoms with van der Waals surface area (Å²) in [6.07, 6.45) is 7.29. The standard InChI is InChI=1S/C17H19N5O/c1-3-21-10-14(8-18-21)11-22-12-16(9-19-22)20-17(23)15-6-4-13(2)5-7-15/h4-10,12H,3,11H2,1-2H3,(H,20,23). The third-order valence-electron chi connectivity index (χ3n) is 3.56. The lowest BCUT2D eigenvalue weighted by molar-refractivity contribution is 0.102. The van der Waals surface area contributed by atoms with E-state index in [2.05, 4.69) is 15.5 Å². The largest absolute Gasteiger partial charge is 0.319 e. The second-order valence-corrected chi connectivity index (χ2v) is 5.45. The number of anilines is 1. The maximum absolute atomic E-state index is 12.2. The molecular formula is C17H19N5O. The zero-order chi connectivity index (χ0) is 16.2. The number of carbonyl (C=O) groups is 1. The molecular weight excluding hydrogens is 290 g/mol. The van der Waals surface area contributed by atoms with Crippen molar-refractivity contribution in [3.8, 4) is 0 Å². The molecule has 1 amide bonds. The fraction of sp³-hybridized carbons (Fsp3) is 0.235. The van der Waals surface area contributed by atoms with Gasteiger partial charge < -0.3 is 5.32 Å². The van der Waals surface area contributed by atoms with Crippen molar-refractivity contribution >= 4 is 11.6 Å². The summed E-state index contributed by atoms with van der Waals surface area (Å²) in [7, 11) is 0. The molecule has 0 spiro atoms. The van der Waals surface area contributed by atoms with Gasteiger partial charge in [-0.15, -0.1) is 0 Å². The Morgan fingerprint density at radius 2 is 1.83 bits per heavy atom. The summed E-state index contributed by atoms with van der Waals surface area (Å²) < 4.78 is 3.65. The maximum atomic E-state index is 12.2. The van der Waals surface area contributed by atoms with Crippen LogP contribution in [-0.4, -0.2) is 25.5 Å². The van der Waals surface area contributed by atoms with Crippen LogP contribution in [0, 0.1) is 6.92 Å². The van der Waals surface area contributed by atoms with Gasteiger partial charge in [-0.25, -0.2) is 0 Å². The van der Waals surface area contributed by atoms with Crippen LogP contribution >= 0.6 is 0 Å². The number of hydrogen-bond acceptors (Lipinski definition) is 3. The summed E-state index contributed by atoms with van der Waals surface area (Å²) in [6, 6.07) is 7.47. The van der Waals surface area contributed by atoms with Gasteiger partial charge in [0.2, 0.25) is 0 Å². The first-order valence-electron chi connectivity index (χ1n) is 7.56. The van der Waals surface area contributed by atoms with E-state index in [0.29, 0.717) is 17.8 Å². The van der Waals surface area contributed by atoms with Gasteiger partial charge in [-0.3, -0.25) is 14.2 Å². The number of rotatable bonds is 5. The average Bonchev–Trinajstić information content (AvgIpc) is 3.17. The third kappa shape index (κ3) is 3.66. The summed E-state index contributed by atoms with van der Waals surface area (Å²) in [5.41, 5.74) is 3.51. The molecule has 0 saturated heterocycles. The molecule has 0 bridgehead atoms. The minimum atomic E-state index is -0.136. The van der Waals surface area contributed by atoms with E-state index in [1.165, 1.54) is 0 Å². The normalized spacial score (nSPS) is 10.7. The molecule has 1 aromatic carbocycles. The first-order valence-corrected chi connectivity index (χ1v) is 7.56. The Morgan fingerprint density at radius 3 is 2.52 bits per heavy atom. The molecule has 0 aliphatic heterocycles. The predicted octanol–water partition coefficient (Wildman–Crippen LogP) is 2.71. The number of nitrogens with one attached hydrogen (secondary N) is 1. The van der Waals surface area contributed by atoms with Crippen LogP contribution in [-0.2, 0) is 13.1 Å². The first-order chi connectivity index (χ1) is 11.1. The van der Waals surface area contributed by atoms with Crippen molar-refractivity contribution in [2.75, 3.05) is 5.32 Å². The van der Waals surface area contributed by atoms with E-state index in [-0.39, 0.29) is 5.91 Å². The van der Waals surface area contributed by atoms with Crippen LogP contribution in [0.2, 0.25) is 0 Å². The SMILES string of the molecule is CCn1cc(Cn2cc(NC(=O)c3ccc(C)cc3)cn2)cn1. The van der Waals surface area contributed by atoms with Crippen molar-refractivity contribution in [3.63, 3.8) is 0 Å². The second-order valence-electron chi connectivity index (χ2n) is 5.45. The number of aromatic nitrogens is 4. The molecule has 3 aromatic rings. The highest BCUT2D eigenvalue weighted by molar-refractivity contribution is 6.04. The minimum Gasteiger partial charge on any atom is -0.319 e. The van der Waals surface area contributed by atoms with Crippen molar-refractivity contribution < 1.29 is 4.79 Å². The van der Waals surface area contributed by atoms with Gasteiger partial charge in [0, 0.05) is 30.1 Å². The van der Waals surface area contributed by atoms with Crippen LogP contribution in [0.4, 0.5) is 5.69 Å². The molecule has 6 heteroatoms. The highest BCUT2D eigenvalue weighted by atomic mass is 16.1. The Labute approximate surface area is 134 Å². The lowest BCUT2D eigenvalue weighted by Crippen LogP contribution is -2.11. The van der Waals surface area contributed by atoms with Crippen LogP contribution in [0.3, 0.4) is 0 Å². The molecule has 1 N–H and O–H groups in total. The number of aryl methyl sites for hydroxylation is 2. The van der Waals surface area contributed by atoms with E-state index in [1.807, 2.05) is 61.4 Å². The summed E-state index contributed by atoms with van der Waals surface area (Å²) in [6.45, 7) is 5.51. The predicted molar refractivity (Wildman–Crippen MR) is 88.4 cm³/mol. The second kappa shape index (κ2) is 6.48. The van der Waals surface area contributed by atoms with E-state index < -0.39 is 0 Å². The number of nitrogens with zero attached hydrogens (tertiary/aromatic N) is 4. The first kappa shape index (κ1) is 15.0. The number of hydrogen-bond donors (Lipinski definition) is 1. The quantitative estimate of drug-likeness (QED) is 0.788. The van der Waals surface area contributed by atoms with E-state index in [4.69, 9.17) is 0 Å². The van der Waals surface area contributed by atoms with E-state index in [1.54, 1.807) is 10.9 Å². The lowest BCUT2D eigenvalue weighted by atomic mass is 10.1. The Morgan fingerprint density at radius 1 is 1.09 bits per heavy atom. The maximum Gasteiger partial charge on any atom is 0.255 e. The Balaban J connectivity index is 1.64. The zero-order valence-corrected chi connectivity index (χ0v) is 13.2. The zero-order valence-electron chi connectivity index (χ0n) is 13.2. The molecule has 23 heavy (non-hydrogen) atoms. The number of amides is 1. The van der Waals surface area contributed by atoms with Crippen molar-refractivity contribution in [1.29, 1.82) is 0 Å². The summed E-state index contributed by atoms with van der Waals surface area (Å²) in [5, 5.41) is 11.4. The van der Waals surface area contributed by atoms with Gasteiger partial charge in [0.15, 0.2) is 0 Å². The average molecular weight is 309 g/mol. The molecule has 0 atom stereocenters. The van der Waals surface area contributed by atoms with Gasteiger partial charge in [-0.05, 0) is 26.0 Å². The van der Waals surface area contributed by atoms with Gasteiger partial charge >= 0.3 is 0 Å². The topological polar surface area (TPSA) is 64.7 Å². The summed E-state index contributed by atoms with van der Waals surface area (Å²) >= 11 is 0. The van der Waals surface area contributed by atoms with Crippen molar-refractivity contribution in [2.45, 2.75) is 26.9 Å². The van der Waals surface area contributed by atoms with Gasteiger partial charge in [0.1, 0.15) is 0 Å². The van der Waals surface area contributed by atoms with Gasteiger partial charge in [-0.2, -0.15) is 10.2 Å². The van der Waals surface area contributed by atoms with E-state index in [9.17, 15) is 4.79 Å². The molecule has 0 radical (unpaired) electrons. The molecule has 0 aliphatic rings. The monoisotopic (exact) mass is 309 g/mol. The fourth-order valence-electron chi connectivity index (χ4n) is 2.27. The lowest BCUT2D eigenvalue weighted by Gasteiger charge is -2.02. The van der Waals surface area contributed by atoms with E-state index in [0.717, 1.165) is 17.7 Å². The molecule has 0 unspecified atom stereocenters. The van der Waals surface area contributed by atoms with Crippen molar-refractivity contribution in [1.82, 2.24) is 19.6 Å². The molecule has 118 valence electrons. The fourth-order valence-corrected chi connectivity index (χ4v) is 2.27. The smallest absolute Gasteiger partial charge is 0.255 e. The molecule has 0 fully saturated rings. The van der Waals surface area contributed by atoms with Crippen LogP contribution in [0.5, 0.6) is 0 Å². The minimum absolute atomic E-state index is 0.136. The van der Waals surface area contributed by atoms with Crippen molar-refractivity contribution in [2.24, 2.45) is 0 Å². The molecule has 2 aromatic heterocycles. The highest BCUT2D eigenvalue weighted by Gasteiger charge is 2.08. The Hall–Kier alpha value is -2.89. The molecule has 0 saturated carbocycles. The van der Waals surface area contributed by atoms with E-state index >= 15 is 0 Å². The third-order valence-corrected chi connectivity index (χ3v) is 3.56. The molecule has 2 heterocycles. The Kier molecular flexibility index (Phi) is 4.23. The van der Waals surface area contributed by atoms with Crippen LogP contribution in [0.1, 0.15) is 28.4 Å². The van der Waals surface area contributed by atoms with Crippen molar-refractivity contribution in [3.05, 3.63) is 65.7 Å². The molecule has 3 rings (SSSR count). The van der Waals surface area contributed by atoms with Gasteiger partial charge in [-0.1, -0.05) is 17.7 Å². The Bertz CT molecular complexity index is 801. The summed E-state index contributed by atoms with van der Waals surface area (Å²) in [5.74, 6) is -0.136.